The molecule has 1 heterocycles. The summed E-state index contributed by atoms with van der Waals surface area (Å²) in [5.74, 6) is 0.980. The van der Waals surface area contributed by atoms with Crippen molar-refractivity contribution in [1.29, 1.82) is 0 Å². The van der Waals surface area contributed by atoms with Crippen molar-refractivity contribution in [2.24, 2.45) is 0 Å². The summed E-state index contributed by atoms with van der Waals surface area (Å²) in [7, 11) is 3.20. The SMILES string of the molecule is COc1ccc(C2CC(=O)N(Cc3cccc(F)c3)c3ccccc3S2)cc1OC. The Morgan fingerprint density at radius 2 is 1.80 bits per heavy atom. The number of methoxy groups -OCH3 is 2. The maximum atomic E-state index is 13.7. The molecule has 4 nitrogen and oxygen atoms in total. The summed E-state index contributed by atoms with van der Waals surface area (Å²) in [4.78, 5) is 16.1. The molecular formula is C24H22FNO3S. The number of anilines is 1. The second-order valence-corrected chi connectivity index (χ2v) is 8.25. The number of carbonyl (C=O) groups is 1. The Hall–Kier alpha value is -2.99. The fraction of sp³-hybridized carbons (Fsp3) is 0.208. The summed E-state index contributed by atoms with van der Waals surface area (Å²) in [5, 5.41) is -0.0732. The van der Waals surface area contributed by atoms with Crippen LogP contribution in [0.3, 0.4) is 0 Å². The molecule has 0 aliphatic carbocycles. The predicted octanol–water partition coefficient (Wildman–Crippen LogP) is 5.61. The van der Waals surface area contributed by atoms with E-state index in [4.69, 9.17) is 9.47 Å². The van der Waals surface area contributed by atoms with Crippen LogP contribution in [0.25, 0.3) is 0 Å². The molecule has 1 atom stereocenters. The Balaban J connectivity index is 1.69. The van der Waals surface area contributed by atoms with Gasteiger partial charge in [0.2, 0.25) is 5.91 Å². The van der Waals surface area contributed by atoms with Gasteiger partial charge in [0.1, 0.15) is 5.82 Å². The molecule has 0 N–H and O–H groups in total. The average molecular weight is 424 g/mol. The van der Waals surface area contributed by atoms with Crippen LogP contribution in [0.5, 0.6) is 11.5 Å². The van der Waals surface area contributed by atoms with Crippen LogP contribution in [-0.4, -0.2) is 20.1 Å². The van der Waals surface area contributed by atoms with E-state index in [1.54, 1.807) is 36.9 Å². The standard InChI is InChI=1S/C24H22FNO3S/c1-28-20-11-10-17(13-21(20)29-2)23-14-24(27)26(15-16-6-5-7-18(25)12-16)19-8-3-4-9-22(19)30-23/h3-13,23H,14-15H2,1-2H3. The monoisotopic (exact) mass is 423 g/mol. The van der Waals surface area contributed by atoms with Crippen LogP contribution >= 0.6 is 11.8 Å². The zero-order valence-corrected chi connectivity index (χ0v) is 17.6. The first-order valence-electron chi connectivity index (χ1n) is 9.61. The van der Waals surface area contributed by atoms with Gasteiger partial charge in [-0.2, -0.15) is 0 Å². The molecule has 1 amide bonds. The minimum Gasteiger partial charge on any atom is -0.493 e. The van der Waals surface area contributed by atoms with Crippen LogP contribution in [0.15, 0.2) is 71.6 Å². The van der Waals surface area contributed by atoms with Crippen molar-refractivity contribution in [3.63, 3.8) is 0 Å². The van der Waals surface area contributed by atoms with E-state index in [2.05, 4.69) is 0 Å². The fourth-order valence-corrected chi connectivity index (χ4v) is 4.88. The number of nitrogens with zero attached hydrogens (tertiary/aromatic N) is 1. The maximum Gasteiger partial charge on any atom is 0.228 e. The quantitative estimate of drug-likeness (QED) is 0.534. The zero-order chi connectivity index (χ0) is 21.1. The second-order valence-electron chi connectivity index (χ2n) is 7.00. The van der Waals surface area contributed by atoms with E-state index in [1.807, 2.05) is 48.5 Å². The van der Waals surface area contributed by atoms with Crippen LogP contribution in [0.2, 0.25) is 0 Å². The summed E-state index contributed by atoms with van der Waals surface area (Å²) in [6.07, 6.45) is 0.324. The highest BCUT2D eigenvalue weighted by atomic mass is 32.2. The van der Waals surface area contributed by atoms with Gasteiger partial charge in [0.05, 0.1) is 26.5 Å². The van der Waals surface area contributed by atoms with Gasteiger partial charge in [-0.05, 0) is 47.5 Å². The molecule has 0 bridgehead atoms. The highest BCUT2D eigenvalue weighted by Gasteiger charge is 2.29. The number of thioether (sulfide) groups is 1. The lowest BCUT2D eigenvalue weighted by atomic mass is 10.1. The molecule has 154 valence electrons. The number of ether oxygens (including phenoxy) is 2. The van der Waals surface area contributed by atoms with Gasteiger partial charge in [0.15, 0.2) is 11.5 Å². The maximum absolute atomic E-state index is 13.7. The molecule has 0 aromatic heterocycles. The van der Waals surface area contributed by atoms with Gasteiger partial charge in [-0.25, -0.2) is 4.39 Å². The van der Waals surface area contributed by atoms with Crippen molar-refractivity contribution in [1.82, 2.24) is 0 Å². The molecule has 3 aromatic rings. The average Bonchev–Trinajstić information content (AvgIpc) is 2.90. The van der Waals surface area contributed by atoms with E-state index < -0.39 is 0 Å². The van der Waals surface area contributed by atoms with Crippen molar-refractivity contribution in [3.05, 3.63) is 83.7 Å². The lowest BCUT2D eigenvalue weighted by molar-refractivity contribution is -0.118. The van der Waals surface area contributed by atoms with Gasteiger partial charge in [-0.3, -0.25) is 4.79 Å². The molecule has 1 unspecified atom stereocenters. The molecule has 1 aliphatic rings. The predicted molar refractivity (Wildman–Crippen MR) is 117 cm³/mol. The molecule has 0 radical (unpaired) electrons. The van der Waals surface area contributed by atoms with Crippen LogP contribution in [0, 0.1) is 5.82 Å². The first-order valence-corrected chi connectivity index (χ1v) is 10.5. The van der Waals surface area contributed by atoms with Crippen molar-refractivity contribution in [3.8, 4) is 11.5 Å². The van der Waals surface area contributed by atoms with Crippen molar-refractivity contribution in [2.45, 2.75) is 23.1 Å². The number of hydrogen-bond donors (Lipinski definition) is 0. The smallest absolute Gasteiger partial charge is 0.228 e. The number of para-hydroxylation sites is 1. The second kappa shape index (κ2) is 8.79. The van der Waals surface area contributed by atoms with Gasteiger partial charge in [-0.15, -0.1) is 11.8 Å². The Kier molecular flexibility index (Phi) is 5.95. The molecule has 0 saturated heterocycles. The summed E-state index contributed by atoms with van der Waals surface area (Å²) in [6.45, 7) is 0.326. The van der Waals surface area contributed by atoms with E-state index in [0.29, 0.717) is 24.5 Å². The summed E-state index contributed by atoms with van der Waals surface area (Å²) < 4.78 is 24.5. The third-order valence-corrected chi connectivity index (χ3v) is 6.42. The molecule has 4 rings (SSSR count). The molecule has 3 aromatic carbocycles. The Bertz CT molecular complexity index is 1070. The Labute approximate surface area is 179 Å². The third kappa shape index (κ3) is 4.14. The summed E-state index contributed by atoms with van der Waals surface area (Å²) in [5.41, 5.74) is 2.60. The first kappa shape index (κ1) is 20.3. The van der Waals surface area contributed by atoms with Gasteiger partial charge >= 0.3 is 0 Å². The summed E-state index contributed by atoms with van der Waals surface area (Å²) in [6, 6.07) is 20.0. The molecule has 1 aliphatic heterocycles. The van der Waals surface area contributed by atoms with Crippen LogP contribution < -0.4 is 14.4 Å². The lowest BCUT2D eigenvalue weighted by Gasteiger charge is -2.23. The van der Waals surface area contributed by atoms with E-state index in [-0.39, 0.29) is 17.0 Å². The van der Waals surface area contributed by atoms with Gasteiger partial charge in [0, 0.05) is 16.6 Å². The van der Waals surface area contributed by atoms with E-state index in [9.17, 15) is 9.18 Å². The lowest BCUT2D eigenvalue weighted by Crippen LogP contribution is -2.30. The van der Waals surface area contributed by atoms with E-state index in [1.165, 1.54) is 12.1 Å². The molecule has 0 spiro atoms. The number of carbonyl (C=O) groups excluding carboxylic acids is 1. The van der Waals surface area contributed by atoms with Crippen molar-refractivity contribution >= 4 is 23.4 Å². The number of amides is 1. The zero-order valence-electron chi connectivity index (χ0n) is 16.8. The highest BCUT2D eigenvalue weighted by Crippen LogP contribution is 2.47. The first-order chi connectivity index (χ1) is 14.6. The van der Waals surface area contributed by atoms with Gasteiger partial charge in [-0.1, -0.05) is 30.3 Å². The van der Waals surface area contributed by atoms with Crippen molar-refractivity contribution in [2.75, 3.05) is 19.1 Å². The number of benzene rings is 3. The van der Waals surface area contributed by atoms with E-state index in [0.717, 1.165) is 21.7 Å². The largest absolute Gasteiger partial charge is 0.493 e. The van der Waals surface area contributed by atoms with Crippen LogP contribution in [-0.2, 0) is 11.3 Å². The van der Waals surface area contributed by atoms with Crippen molar-refractivity contribution < 1.29 is 18.7 Å². The minimum atomic E-state index is -0.305. The summed E-state index contributed by atoms with van der Waals surface area (Å²) >= 11 is 1.65. The normalized spacial score (nSPS) is 16.0. The number of hydrogen-bond acceptors (Lipinski definition) is 4. The minimum absolute atomic E-state index is 0.00324. The third-order valence-electron chi connectivity index (χ3n) is 5.10. The molecule has 0 fully saturated rings. The van der Waals surface area contributed by atoms with Crippen LogP contribution in [0.1, 0.15) is 22.8 Å². The van der Waals surface area contributed by atoms with Gasteiger partial charge < -0.3 is 14.4 Å². The van der Waals surface area contributed by atoms with Gasteiger partial charge in [0.25, 0.3) is 0 Å². The number of halogens is 1. The molecular weight excluding hydrogens is 401 g/mol. The Morgan fingerprint density at radius 3 is 2.57 bits per heavy atom. The van der Waals surface area contributed by atoms with Crippen LogP contribution in [0.4, 0.5) is 10.1 Å². The number of rotatable bonds is 5. The molecule has 0 saturated carbocycles. The topological polar surface area (TPSA) is 38.8 Å². The number of fused-ring (bicyclic) bond motifs is 1. The highest BCUT2D eigenvalue weighted by molar-refractivity contribution is 7.99. The molecule has 30 heavy (non-hydrogen) atoms. The molecule has 6 heteroatoms. The van der Waals surface area contributed by atoms with E-state index >= 15 is 0 Å². The Morgan fingerprint density at radius 1 is 1.00 bits per heavy atom. The fourth-order valence-electron chi connectivity index (χ4n) is 3.61.